The Morgan fingerprint density at radius 1 is 1.42 bits per heavy atom. The number of rotatable bonds is 4. The fraction of sp³-hybridized carbons (Fsp3) is 0.385. The van der Waals surface area contributed by atoms with Gasteiger partial charge in [0, 0.05) is 11.3 Å². The quantitative estimate of drug-likeness (QED) is 0.907. The Balaban J connectivity index is 2.06. The van der Waals surface area contributed by atoms with Crippen molar-refractivity contribution in [2.75, 3.05) is 26.5 Å². The van der Waals surface area contributed by atoms with E-state index in [9.17, 15) is 4.79 Å². The highest BCUT2D eigenvalue weighted by Crippen LogP contribution is 2.24. The number of amidine groups is 1. The topological polar surface area (TPSA) is 59.9 Å². The number of carbonyl (C=O) groups excluding carboxylic acids is 1. The molecule has 0 atom stereocenters. The first-order valence-corrected chi connectivity index (χ1v) is 6.89. The van der Waals surface area contributed by atoms with E-state index in [4.69, 9.17) is 9.47 Å². The van der Waals surface area contributed by atoms with E-state index in [2.05, 4.69) is 10.3 Å². The summed E-state index contributed by atoms with van der Waals surface area (Å²) in [6, 6.07) is 5.41. The third kappa shape index (κ3) is 3.64. The maximum absolute atomic E-state index is 11.9. The molecule has 0 unspecified atom stereocenters. The van der Waals surface area contributed by atoms with E-state index in [1.165, 1.54) is 0 Å². The SMILES string of the molecule is COc1ccc(OC)c(CC(=O)NC2=NCCS2)c1. The zero-order valence-corrected chi connectivity index (χ0v) is 11.8. The molecule has 6 heteroatoms. The van der Waals surface area contributed by atoms with Gasteiger partial charge < -0.3 is 14.8 Å². The normalized spacial score (nSPS) is 13.9. The average molecular weight is 280 g/mol. The zero-order chi connectivity index (χ0) is 13.7. The number of carbonyl (C=O) groups is 1. The van der Waals surface area contributed by atoms with Crippen LogP contribution in [0.5, 0.6) is 11.5 Å². The van der Waals surface area contributed by atoms with Gasteiger partial charge in [0.05, 0.1) is 27.2 Å². The first kappa shape index (κ1) is 13.7. The molecular formula is C13H16N2O3S. The predicted octanol–water partition coefficient (Wildman–Crippen LogP) is 1.47. The number of hydrogen-bond donors (Lipinski definition) is 1. The molecular weight excluding hydrogens is 264 g/mol. The number of thioether (sulfide) groups is 1. The molecule has 0 radical (unpaired) electrons. The number of amides is 1. The molecule has 1 aliphatic rings. The second kappa shape index (κ2) is 6.47. The molecule has 0 bridgehead atoms. The second-order valence-corrected chi connectivity index (χ2v) is 5.02. The summed E-state index contributed by atoms with van der Waals surface area (Å²) in [7, 11) is 3.18. The number of nitrogens with one attached hydrogen (secondary N) is 1. The highest BCUT2D eigenvalue weighted by molar-refractivity contribution is 8.14. The molecule has 1 aromatic rings. The Kier molecular flexibility index (Phi) is 4.68. The van der Waals surface area contributed by atoms with Crippen molar-refractivity contribution < 1.29 is 14.3 Å². The van der Waals surface area contributed by atoms with Gasteiger partial charge in [-0.1, -0.05) is 11.8 Å². The van der Waals surface area contributed by atoms with E-state index >= 15 is 0 Å². The minimum absolute atomic E-state index is 0.0975. The van der Waals surface area contributed by atoms with Gasteiger partial charge in [0.25, 0.3) is 0 Å². The van der Waals surface area contributed by atoms with Gasteiger partial charge in [0.1, 0.15) is 11.5 Å². The van der Waals surface area contributed by atoms with E-state index in [-0.39, 0.29) is 12.3 Å². The van der Waals surface area contributed by atoms with Crippen molar-refractivity contribution in [3.8, 4) is 11.5 Å². The van der Waals surface area contributed by atoms with Crippen LogP contribution in [0.1, 0.15) is 5.56 Å². The van der Waals surface area contributed by atoms with Crippen LogP contribution in [-0.4, -0.2) is 37.6 Å². The summed E-state index contributed by atoms with van der Waals surface area (Å²) in [4.78, 5) is 16.1. The molecule has 1 aromatic carbocycles. The van der Waals surface area contributed by atoms with Crippen LogP contribution in [0.15, 0.2) is 23.2 Å². The molecule has 0 fully saturated rings. The Morgan fingerprint density at radius 3 is 2.89 bits per heavy atom. The fourth-order valence-electron chi connectivity index (χ4n) is 1.77. The lowest BCUT2D eigenvalue weighted by Crippen LogP contribution is -2.28. The standard InChI is InChI=1S/C13H16N2O3S/c1-17-10-3-4-11(18-2)9(7-10)8-12(16)15-13-14-5-6-19-13/h3-4,7H,5-6,8H2,1-2H3,(H,14,15,16). The molecule has 1 heterocycles. The largest absolute Gasteiger partial charge is 0.497 e. The van der Waals surface area contributed by atoms with E-state index in [1.54, 1.807) is 38.1 Å². The Hall–Kier alpha value is -1.69. The first-order valence-electron chi connectivity index (χ1n) is 5.91. The molecule has 102 valence electrons. The summed E-state index contributed by atoms with van der Waals surface area (Å²) in [5.74, 6) is 2.21. The van der Waals surface area contributed by atoms with Crippen molar-refractivity contribution >= 4 is 22.8 Å². The van der Waals surface area contributed by atoms with Crippen molar-refractivity contribution in [2.45, 2.75) is 6.42 Å². The number of aliphatic imine (C=N–C) groups is 1. The molecule has 1 aliphatic heterocycles. The maximum atomic E-state index is 11.9. The van der Waals surface area contributed by atoms with Crippen molar-refractivity contribution in [1.29, 1.82) is 0 Å². The van der Waals surface area contributed by atoms with Crippen LogP contribution in [0.2, 0.25) is 0 Å². The van der Waals surface area contributed by atoms with Crippen LogP contribution in [0, 0.1) is 0 Å². The summed E-state index contributed by atoms with van der Waals surface area (Å²) in [6.45, 7) is 0.767. The minimum Gasteiger partial charge on any atom is -0.497 e. The van der Waals surface area contributed by atoms with Crippen LogP contribution < -0.4 is 14.8 Å². The molecule has 0 aromatic heterocycles. The fourth-order valence-corrected chi connectivity index (χ4v) is 2.51. The molecule has 0 saturated carbocycles. The summed E-state index contributed by atoms with van der Waals surface area (Å²) in [5, 5.41) is 3.49. The number of nitrogens with zero attached hydrogens (tertiary/aromatic N) is 1. The monoisotopic (exact) mass is 280 g/mol. The highest BCUT2D eigenvalue weighted by Gasteiger charge is 2.14. The Morgan fingerprint density at radius 2 is 2.26 bits per heavy atom. The minimum atomic E-state index is -0.0975. The molecule has 1 N–H and O–H groups in total. The van der Waals surface area contributed by atoms with Gasteiger partial charge in [-0.15, -0.1) is 0 Å². The predicted molar refractivity (Wildman–Crippen MR) is 76.2 cm³/mol. The second-order valence-electron chi connectivity index (χ2n) is 3.94. The summed E-state index contributed by atoms with van der Waals surface area (Å²) in [5.41, 5.74) is 0.794. The lowest BCUT2D eigenvalue weighted by molar-refractivity contribution is -0.119. The van der Waals surface area contributed by atoms with E-state index < -0.39 is 0 Å². The van der Waals surface area contributed by atoms with Gasteiger partial charge in [-0.2, -0.15) is 0 Å². The Labute approximate surface area is 116 Å². The summed E-state index contributed by atoms with van der Waals surface area (Å²) in [6.07, 6.45) is 0.236. The third-order valence-corrected chi connectivity index (χ3v) is 3.56. The molecule has 0 saturated heterocycles. The summed E-state index contributed by atoms with van der Waals surface area (Å²) >= 11 is 1.56. The number of ether oxygens (including phenoxy) is 2. The van der Waals surface area contributed by atoms with Gasteiger partial charge in [0.2, 0.25) is 5.91 Å². The van der Waals surface area contributed by atoms with Crippen molar-refractivity contribution in [2.24, 2.45) is 4.99 Å². The summed E-state index contributed by atoms with van der Waals surface area (Å²) < 4.78 is 10.4. The lowest BCUT2D eigenvalue weighted by atomic mass is 10.1. The van der Waals surface area contributed by atoms with Crippen LogP contribution in [0.25, 0.3) is 0 Å². The van der Waals surface area contributed by atoms with Crippen molar-refractivity contribution in [3.05, 3.63) is 23.8 Å². The van der Waals surface area contributed by atoms with Gasteiger partial charge >= 0.3 is 0 Å². The molecule has 0 aliphatic carbocycles. The van der Waals surface area contributed by atoms with Gasteiger partial charge in [-0.05, 0) is 18.2 Å². The van der Waals surface area contributed by atoms with E-state index in [0.717, 1.165) is 17.9 Å². The average Bonchev–Trinajstić information content (AvgIpc) is 2.91. The number of hydrogen-bond acceptors (Lipinski definition) is 5. The first-order chi connectivity index (χ1) is 9.22. The third-order valence-electron chi connectivity index (χ3n) is 2.67. The van der Waals surface area contributed by atoms with Crippen LogP contribution >= 0.6 is 11.8 Å². The molecule has 0 spiro atoms. The van der Waals surface area contributed by atoms with E-state index in [0.29, 0.717) is 16.7 Å². The molecule has 1 amide bonds. The maximum Gasteiger partial charge on any atom is 0.230 e. The van der Waals surface area contributed by atoms with Gasteiger partial charge in [-0.3, -0.25) is 9.79 Å². The number of benzene rings is 1. The smallest absolute Gasteiger partial charge is 0.230 e. The van der Waals surface area contributed by atoms with E-state index in [1.807, 2.05) is 6.07 Å². The highest BCUT2D eigenvalue weighted by atomic mass is 32.2. The zero-order valence-electron chi connectivity index (χ0n) is 10.9. The Bertz CT molecular complexity index is 503. The van der Waals surface area contributed by atoms with Gasteiger partial charge in [0.15, 0.2) is 5.17 Å². The van der Waals surface area contributed by atoms with Crippen LogP contribution in [-0.2, 0) is 11.2 Å². The van der Waals surface area contributed by atoms with Crippen LogP contribution in [0.4, 0.5) is 0 Å². The number of methoxy groups -OCH3 is 2. The molecule has 5 nitrogen and oxygen atoms in total. The molecule has 2 rings (SSSR count). The van der Waals surface area contributed by atoms with Crippen molar-refractivity contribution in [1.82, 2.24) is 5.32 Å². The van der Waals surface area contributed by atoms with Crippen LogP contribution in [0.3, 0.4) is 0 Å². The molecule has 19 heavy (non-hydrogen) atoms. The van der Waals surface area contributed by atoms with Crippen molar-refractivity contribution in [3.63, 3.8) is 0 Å². The van der Waals surface area contributed by atoms with Gasteiger partial charge in [-0.25, -0.2) is 0 Å². The lowest BCUT2D eigenvalue weighted by Gasteiger charge is -2.10.